The Balaban J connectivity index is 1.44. The zero-order valence-electron chi connectivity index (χ0n) is 53.7. The number of amides is 1. The number of nitrogens with one attached hydrogen (secondary N) is 1. The topological polar surface area (TPSA) is 307 Å². The third-order valence-corrected chi connectivity index (χ3v) is 16.7. The summed E-state index contributed by atoms with van der Waals surface area (Å²) in [6.45, 7) is 1.67. The van der Waals surface area contributed by atoms with Crippen LogP contribution in [0.5, 0.6) is 0 Å². The van der Waals surface area contributed by atoms with Crippen LogP contribution >= 0.6 is 0 Å². The Morgan fingerprint density at radius 1 is 0.409 bits per heavy atom. The summed E-state index contributed by atoms with van der Waals surface area (Å²) in [6, 6.07) is -1.00. The molecule has 19 nitrogen and oxygen atoms in total. The summed E-state index contributed by atoms with van der Waals surface area (Å²) in [5.41, 5.74) is 0. The lowest BCUT2D eigenvalue weighted by Gasteiger charge is -2.48. The number of unbranched alkanes of at least 4 members (excludes halogenated alkanes) is 25. The first-order valence-corrected chi connectivity index (χ1v) is 34.2. The molecule has 0 spiro atoms. The van der Waals surface area contributed by atoms with Crippen molar-refractivity contribution in [2.24, 2.45) is 0 Å². The second-order valence-electron chi connectivity index (χ2n) is 24.3. The molecule has 0 bridgehead atoms. The minimum Gasteiger partial charge on any atom is -0.394 e. The van der Waals surface area contributed by atoms with Crippen molar-refractivity contribution in [2.45, 2.75) is 330 Å². The van der Waals surface area contributed by atoms with E-state index in [4.69, 9.17) is 28.4 Å². The third-order valence-electron chi connectivity index (χ3n) is 16.7. The van der Waals surface area contributed by atoms with E-state index in [2.05, 4.69) is 79.9 Å². The number of carbonyl (C=O) groups is 1. The fraction of sp³-hybridized carbons (Fsp3) is 0.812. The quantitative estimate of drug-likeness (QED) is 0.0200. The lowest BCUT2D eigenvalue weighted by atomic mass is 9.96. The molecule has 0 aromatic rings. The van der Waals surface area contributed by atoms with Crippen LogP contribution in [-0.4, -0.2) is 193 Å². The van der Waals surface area contributed by atoms with Crippen LogP contribution in [0.15, 0.2) is 72.9 Å². The second kappa shape index (κ2) is 50.7. The summed E-state index contributed by atoms with van der Waals surface area (Å²) < 4.78 is 34.3. The Morgan fingerprint density at radius 2 is 0.761 bits per heavy atom. The number of hydrogen-bond acceptors (Lipinski definition) is 18. The largest absolute Gasteiger partial charge is 0.394 e. The average Bonchev–Trinajstić information content (AvgIpc) is 3.39. The van der Waals surface area contributed by atoms with Crippen LogP contribution in [0.25, 0.3) is 0 Å². The molecule has 17 unspecified atom stereocenters. The molecule has 3 aliphatic heterocycles. The molecule has 3 aliphatic rings. The van der Waals surface area contributed by atoms with Gasteiger partial charge < -0.3 is 89.9 Å². The van der Waals surface area contributed by atoms with Gasteiger partial charge >= 0.3 is 0 Å². The summed E-state index contributed by atoms with van der Waals surface area (Å²) in [4.78, 5) is 13.4. The normalized spacial score (nSPS) is 28.9. The average molecular weight is 1250 g/mol. The highest BCUT2D eigenvalue weighted by Gasteiger charge is 2.53. The van der Waals surface area contributed by atoms with Gasteiger partial charge in [-0.15, -0.1) is 0 Å². The monoisotopic (exact) mass is 1250 g/mol. The van der Waals surface area contributed by atoms with Crippen molar-refractivity contribution in [3.05, 3.63) is 72.9 Å². The summed E-state index contributed by atoms with van der Waals surface area (Å²) in [5.74, 6) is -0.294. The van der Waals surface area contributed by atoms with Crippen molar-refractivity contribution in [2.75, 3.05) is 26.4 Å². The Bertz CT molecular complexity index is 1880. The molecule has 0 aromatic carbocycles. The summed E-state index contributed by atoms with van der Waals surface area (Å²) >= 11 is 0. The molecule has 88 heavy (non-hydrogen) atoms. The minimum absolute atomic E-state index is 0.227. The zero-order chi connectivity index (χ0) is 64.0. The van der Waals surface area contributed by atoms with Gasteiger partial charge in [0.15, 0.2) is 18.9 Å². The van der Waals surface area contributed by atoms with E-state index in [9.17, 15) is 61.0 Å². The van der Waals surface area contributed by atoms with Crippen molar-refractivity contribution in [1.29, 1.82) is 0 Å². The van der Waals surface area contributed by atoms with Gasteiger partial charge in [-0.3, -0.25) is 4.79 Å². The Labute approximate surface area is 528 Å². The van der Waals surface area contributed by atoms with Crippen molar-refractivity contribution >= 4 is 5.91 Å². The van der Waals surface area contributed by atoms with Crippen LogP contribution in [0.4, 0.5) is 0 Å². The van der Waals surface area contributed by atoms with Gasteiger partial charge in [-0.25, -0.2) is 0 Å². The van der Waals surface area contributed by atoms with E-state index in [1.807, 2.05) is 6.08 Å². The fourth-order valence-electron chi connectivity index (χ4n) is 11.1. The Kier molecular flexibility index (Phi) is 45.8. The fourth-order valence-corrected chi connectivity index (χ4v) is 11.1. The second-order valence-corrected chi connectivity index (χ2v) is 24.3. The lowest BCUT2D eigenvalue weighted by Crippen LogP contribution is -2.66. The molecule has 17 atom stereocenters. The first-order chi connectivity index (χ1) is 42.8. The number of aliphatic hydroxyl groups excluding tert-OH is 11. The molecular weight excluding hydrogens is 1130 g/mol. The van der Waals surface area contributed by atoms with Gasteiger partial charge in [0, 0.05) is 6.42 Å². The van der Waals surface area contributed by atoms with Crippen molar-refractivity contribution in [3.63, 3.8) is 0 Å². The van der Waals surface area contributed by atoms with Crippen molar-refractivity contribution in [3.8, 4) is 0 Å². The van der Waals surface area contributed by atoms with E-state index >= 15 is 0 Å². The molecule has 19 heteroatoms. The van der Waals surface area contributed by atoms with E-state index < -0.39 is 124 Å². The summed E-state index contributed by atoms with van der Waals surface area (Å²) in [5, 5.41) is 120. The van der Waals surface area contributed by atoms with Gasteiger partial charge in [0.25, 0.3) is 0 Å². The van der Waals surface area contributed by atoms with Crippen LogP contribution in [-0.2, 0) is 33.2 Å². The summed E-state index contributed by atoms with van der Waals surface area (Å²) in [7, 11) is 0. The molecule has 3 saturated heterocycles. The molecule has 1 amide bonds. The van der Waals surface area contributed by atoms with Gasteiger partial charge in [0.2, 0.25) is 5.91 Å². The molecule has 510 valence electrons. The van der Waals surface area contributed by atoms with Crippen molar-refractivity contribution in [1.82, 2.24) is 5.32 Å². The highest BCUT2D eigenvalue weighted by atomic mass is 16.8. The lowest BCUT2D eigenvalue weighted by molar-refractivity contribution is -0.379. The van der Waals surface area contributed by atoms with Crippen LogP contribution < -0.4 is 5.32 Å². The minimum atomic E-state index is -1.98. The molecule has 3 heterocycles. The van der Waals surface area contributed by atoms with E-state index in [0.717, 1.165) is 70.6 Å². The maximum absolute atomic E-state index is 13.4. The Morgan fingerprint density at radius 3 is 1.22 bits per heavy atom. The number of allylic oxidation sites excluding steroid dienone is 11. The van der Waals surface area contributed by atoms with Crippen LogP contribution in [0, 0.1) is 0 Å². The molecule has 0 aliphatic carbocycles. The molecule has 3 fully saturated rings. The third kappa shape index (κ3) is 32.7. The first kappa shape index (κ1) is 79.5. The maximum Gasteiger partial charge on any atom is 0.220 e. The predicted octanol–water partition coefficient (Wildman–Crippen LogP) is 8.55. The number of carbonyl (C=O) groups excluding carboxylic acids is 1. The molecule has 3 rings (SSSR count). The molecule has 0 aromatic heterocycles. The highest BCUT2D eigenvalue weighted by molar-refractivity contribution is 5.76. The van der Waals surface area contributed by atoms with Gasteiger partial charge in [0.05, 0.1) is 38.6 Å². The predicted molar refractivity (Wildman–Crippen MR) is 341 cm³/mol. The van der Waals surface area contributed by atoms with E-state index in [1.54, 1.807) is 6.08 Å². The number of hydrogen-bond donors (Lipinski definition) is 12. The standard InChI is InChI=1S/C69H121NO18/c1-3-5-7-9-11-13-15-17-19-21-22-23-24-25-26-27-28-29-30-31-33-35-37-39-41-43-45-47-57(75)70-52(53(74)46-44-42-40-38-36-34-32-20-18-16-14-12-10-8-6-4-2)51-83-67-63(81)60(78)65(55(49-72)85-67)88-69-64(82)61(79)66(56(50-73)86-69)87-68-62(80)59(77)58(76)54(48-71)84-68/h15,17-18,20-22,24-25,36,38,44,46,52-56,58-69,71-74,76-82H,3-14,16,19,23,26-35,37,39-43,45,47-51H2,1-2H3,(H,70,75)/b17-15-,20-18+,22-21-,25-24-,38-36+,46-44+. The van der Waals surface area contributed by atoms with Crippen molar-refractivity contribution < 1.29 is 89.4 Å². The number of aliphatic hydroxyl groups is 11. The van der Waals surface area contributed by atoms with Gasteiger partial charge in [-0.1, -0.05) is 209 Å². The van der Waals surface area contributed by atoms with E-state index in [1.165, 1.54) is 122 Å². The molecule has 12 N–H and O–H groups in total. The molecule has 0 saturated carbocycles. The Hall–Kier alpha value is -2.77. The van der Waals surface area contributed by atoms with E-state index in [-0.39, 0.29) is 18.9 Å². The first-order valence-electron chi connectivity index (χ1n) is 34.2. The SMILES string of the molecule is CCCCCCC/C=C\C/C=C\C/C=C\CCCCCCCCCCCCCCC(=O)NC(COC1OC(CO)C(OC2OC(CO)C(OC3OC(CO)C(O)C(O)C3O)C(O)C2O)C(O)C1O)C(O)/C=C/CC/C=C/CC/C=C/CCCCCCCC. The van der Waals surface area contributed by atoms with Crippen LogP contribution in [0.1, 0.15) is 226 Å². The highest BCUT2D eigenvalue weighted by Crippen LogP contribution is 2.33. The van der Waals surface area contributed by atoms with Gasteiger partial charge in [-0.05, 0) is 83.5 Å². The van der Waals surface area contributed by atoms with Crippen LogP contribution in [0.3, 0.4) is 0 Å². The van der Waals surface area contributed by atoms with E-state index in [0.29, 0.717) is 12.8 Å². The van der Waals surface area contributed by atoms with Gasteiger partial charge in [-0.2, -0.15) is 0 Å². The van der Waals surface area contributed by atoms with Gasteiger partial charge in [0.1, 0.15) is 73.2 Å². The number of rotatable bonds is 51. The van der Waals surface area contributed by atoms with Crippen LogP contribution in [0.2, 0.25) is 0 Å². The smallest absolute Gasteiger partial charge is 0.220 e. The summed E-state index contributed by atoms with van der Waals surface area (Å²) in [6.07, 6.45) is 35.9. The maximum atomic E-state index is 13.4. The molecular formula is C69H121NO18. The number of ether oxygens (including phenoxy) is 6. The zero-order valence-corrected chi connectivity index (χ0v) is 53.7. The molecule has 0 radical (unpaired) electrons.